The van der Waals surface area contributed by atoms with Gasteiger partial charge in [0.25, 0.3) is 0 Å². The molecule has 1 saturated heterocycles. The van der Waals surface area contributed by atoms with Gasteiger partial charge in [0.2, 0.25) is 0 Å². The van der Waals surface area contributed by atoms with Crippen molar-refractivity contribution in [2.45, 2.75) is 25.9 Å². The molecule has 3 rings (SSSR count). The Labute approximate surface area is 144 Å². The average molecular weight is 347 g/mol. The van der Waals surface area contributed by atoms with E-state index in [2.05, 4.69) is 0 Å². The lowest BCUT2D eigenvalue weighted by Gasteiger charge is -2.33. The zero-order valence-corrected chi connectivity index (χ0v) is 13.8. The van der Waals surface area contributed by atoms with Crippen LogP contribution in [0.2, 0.25) is 0 Å². The summed E-state index contributed by atoms with van der Waals surface area (Å²) in [6.07, 6.45) is 0.867. The third kappa shape index (κ3) is 3.90. The van der Waals surface area contributed by atoms with E-state index in [0.717, 1.165) is 0 Å². The van der Waals surface area contributed by atoms with E-state index in [1.54, 1.807) is 17.0 Å². The molecule has 0 spiro atoms. The molecule has 1 N–H and O–H groups in total. The van der Waals surface area contributed by atoms with Crippen LogP contribution in [0.15, 0.2) is 36.4 Å². The van der Waals surface area contributed by atoms with E-state index >= 15 is 0 Å². The van der Waals surface area contributed by atoms with Crippen LogP contribution < -0.4 is 4.90 Å². The standard InChI is InChI=1S/C19H19F2NO3/c1-12(23)25-16-5-7-22(8-6-16)19-17(20)10-14(11-18(19)21)13-3-2-4-15(24)9-13/h2-4,9-11,16,24H,5-8H2,1H3. The van der Waals surface area contributed by atoms with E-state index in [0.29, 0.717) is 37.1 Å². The molecular formula is C19H19F2NO3. The monoisotopic (exact) mass is 347 g/mol. The number of ether oxygens (including phenoxy) is 1. The molecule has 0 atom stereocenters. The number of benzene rings is 2. The Balaban J connectivity index is 1.81. The molecule has 0 bridgehead atoms. The summed E-state index contributed by atoms with van der Waals surface area (Å²) < 4.78 is 34.3. The van der Waals surface area contributed by atoms with Gasteiger partial charge in [0.15, 0.2) is 0 Å². The van der Waals surface area contributed by atoms with Crippen molar-refractivity contribution in [2.24, 2.45) is 0 Å². The fraction of sp³-hybridized carbons (Fsp3) is 0.316. The van der Waals surface area contributed by atoms with E-state index in [1.807, 2.05) is 0 Å². The molecule has 0 aliphatic carbocycles. The number of hydrogen-bond donors (Lipinski definition) is 1. The number of anilines is 1. The summed E-state index contributed by atoms with van der Waals surface area (Å²) in [5.41, 5.74) is 0.840. The number of halogens is 2. The van der Waals surface area contributed by atoms with Crippen molar-refractivity contribution in [2.75, 3.05) is 18.0 Å². The fourth-order valence-corrected chi connectivity index (χ4v) is 3.15. The summed E-state index contributed by atoms with van der Waals surface area (Å²) in [6, 6.07) is 8.79. The molecule has 2 aromatic rings. The minimum atomic E-state index is -0.649. The summed E-state index contributed by atoms with van der Waals surface area (Å²) in [7, 11) is 0. The van der Waals surface area contributed by atoms with Crippen molar-refractivity contribution in [3.63, 3.8) is 0 Å². The van der Waals surface area contributed by atoms with Crippen LogP contribution in [0.4, 0.5) is 14.5 Å². The van der Waals surface area contributed by atoms with Crippen molar-refractivity contribution in [1.82, 2.24) is 0 Å². The normalized spacial score (nSPS) is 15.2. The minimum absolute atomic E-state index is 0.0370. The van der Waals surface area contributed by atoms with Crippen LogP contribution >= 0.6 is 0 Å². The Hall–Kier alpha value is -2.63. The zero-order valence-electron chi connectivity index (χ0n) is 13.8. The molecule has 1 aliphatic rings. The van der Waals surface area contributed by atoms with Gasteiger partial charge in [-0.15, -0.1) is 0 Å². The maximum absolute atomic E-state index is 14.6. The summed E-state index contributed by atoms with van der Waals surface area (Å²) in [6.45, 7) is 2.18. The molecule has 132 valence electrons. The first-order valence-electron chi connectivity index (χ1n) is 8.14. The van der Waals surface area contributed by atoms with Gasteiger partial charge in [-0.05, 0) is 35.4 Å². The highest BCUT2D eigenvalue weighted by molar-refractivity contribution is 5.69. The van der Waals surface area contributed by atoms with Gasteiger partial charge in [-0.3, -0.25) is 4.79 Å². The molecule has 0 aromatic heterocycles. The van der Waals surface area contributed by atoms with Crippen molar-refractivity contribution in [3.8, 4) is 16.9 Å². The van der Waals surface area contributed by atoms with Crippen LogP contribution in [0.1, 0.15) is 19.8 Å². The molecule has 6 heteroatoms. The topological polar surface area (TPSA) is 49.8 Å². The maximum atomic E-state index is 14.6. The second-order valence-corrected chi connectivity index (χ2v) is 6.13. The minimum Gasteiger partial charge on any atom is -0.508 e. The van der Waals surface area contributed by atoms with Crippen LogP contribution in [0.25, 0.3) is 11.1 Å². The highest BCUT2D eigenvalue weighted by Crippen LogP contribution is 2.32. The fourth-order valence-electron chi connectivity index (χ4n) is 3.15. The third-order valence-corrected chi connectivity index (χ3v) is 4.29. The number of carbonyl (C=O) groups excluding carboxylic acids is 1. The summed E-state index contributed by atoms with van der Waals surface area (Å²) in [5, 5.41) is 9.53. The highest BCUT2D eigenvalue weighted by Gasteiger charge is 2.25. The zero-order chi connectivity index (χ0) is 18.0. The van der Waals surface area contributed by atoms with Crippen molar-refractivity contribution in [3.05, 3.63) is 48.0 Å². The number of hydrogen-bond acceptors (Lipinski definition) is 4. The highest BCUT2D eigenvalue weighted by atomic mass is 19.1. The first-order valence-corrected chi connectivity index (χ1v) is 8.14. The SMILES string of the molecule is CC(=O)OC1CCN(c2c(F)cc(-c3cccc(O)c3)cc2F)CC1. The number of esters is 1. The smallest absolute Gasteiger partial charge is 0.302 e. The maximum Gasteiger partial charge on any atom is 0.302 e. The van der Waals surface area contributed by atoms with Crippen LogP contribution in [0.3, 0.4) is 0 Å². The van der Waals surface area contributed by atoms with Crippen LogP contribution in [0.5, 0.6) is 5.75 Å². The Kier molecular flexibility index (Phi) is 4.88. The average Bonchev–Trinajstić information content (AvgIpc) is 2.55. The largest absolute Gasteiger partial charge is 0.508 e. The molecule has 0 radical (unpaired) electrons. The molecule has 4 nitrogen and oxygen atoms in total. The molecule has 1 fully saturated rings. The molecule has 0 unspecified atom stereocenters. The van der Waals surface area contributed by atoms with Gasteiger partial charge in [-0.1, -0.05) is 12.1 Å². The van der Waals surface area contributed by atoms with Gasteiger partial charge >= 0.3 is 5.97 Å². The Morgan fingerprint density at radius 1 is 1.12 bits per heavy atom. The van der Waals surface area contributed by atoms with Gasteiger partial charge in [0.05, 0.1) is 0 Å². The molecular weight excluding hydrogens is 328 g/mol. The van der Waals surface area contributed by atoms with Crippen LogP contribution in [-0.4, -0.2) is 30.3 Å². The number of aromatic hydroxyl groups is 1. The Bertz CT molecular complexity index is 763. The third-order valence-electron chi connectivity index (χ3n) is 4.29. The quantitative estimate of drug-likeness (QED) is 0.857. The second kappa shape index (κ2) is 7.09. The lowest BCUT2D eigenvalue weighted by atomic mass is 10.0. The molecule has 0 saturated carbocycles. The molecule has 1 heterocycles. The summed E-state index contributed by atoms with van der Waals surface area (Å²) >= 11 is 0. The van der Waals surface area contributed by atoms with E-state index in [-0.39, 0.29) is 23.5 Å². The molecule has 2 aromatic carbocycles. The first kappa shape index (κ1) is 17.2. The molecule has 1 aliphatic heterocycles. The number of piperidine rings is 1. The lowest BCUT2D eigenvalue weighted by molar-refractivity contribution is -0.147. The van der Waals surface area contributed by atoms with Gasteiger partial charge < -0.3 is 14.7 Å². The van der Waals surface area contributed by atoms with E-state index in [9.17, 15) is 18.7 Å². The van der Waals surface area contributed by atoms with E-state index in [1.165, 1.54) is 31.2 Å². The van der Waals surface area contributed by atoms with E-state index in [4.69, 9.17) is 4.74 Å². The number of rotatable bonds is 3. The van der Waals surface area contributed by atoms with Gasteiger partial charge in [-0.25, -0.2) is 8.78 Å². The van der Waals surface area contributed by atoms with Gasteiger partial charge in [0, 0.05) is 32.9 Å². The second-order valence-electron chi connectivity index (χ2n) is 6.13. The van der Waals surface area contributed by atoms with Crippen molar-refractivity contribution in [1.29, 1.82) is 0 Å². The number of nitrogens with zero attached hydrogens (tertiary/aromatic N) is 1. The number of phenolic OH excluding ortho intramolecular Hbond substituents is 1. The van der Waals surface area contributed by atoms with E-state index < -0.39 is 11.6 Å². The van der Waals surface area contributed by atoms with Gasteiger partial charge in [0.1, 0.15) is 29.2 Å². The van der Waals surface area contributed by atoms with Crippen LogP contribution in [0, 0.1) is 11.6 Å². The van der Waals surface area contributed by atoms with Crippen LogP contribution in [-0.2, 0) is 9.53 Å². The van der Waals surface area contributed by atoms with Gasteiger partial charge in [-0.2, -0.15) is 0 Å². The Morgan fingerprint density at radius 2 is 1.76 bits per heavy atom. The predicted octanol–water partition coefficient (Wildman–Crippen LogP) is 3.87. The Morgan fingerprint density at radius 3 is 2.32 bits per heavy atom. The summed E-state index contributed by atoms with van der Waals surface area (Å²) in [5.74, 6) is -1.60. The van der Waals surface area contributed by atoms with Crippen molar-refractivity contribution < 1.29 is 23.4 Å². The first-order chi connectivity index (χ1) is 11.9. The number of phenols is 1. The molecule has 0 amide bonds. The van der Waals surface area contributed by atoms with Crippen molar-refractivity contribution >= 4 is 11.7 Å². The number of carbonyl (C=O) groups is 1. The summed E-state index contributed by atoms with van der Waals surface area (Å²) in [4.78, 5) is 12.6. The predicted molar refractivity (Wildman–Crippen MR) is 90.5 cm³/mol. The molecule has 25 heavy (non-hydrogen) atoms. The lowest BCUT2D eigenvalue weighted by Crippen LogP contribution is -2.38.